The van der Waals surface area contributed by atoms with Gasteiger partial charge in [-0.1, -0.05) is 0 Å². The highest BCUT2D eigenvalue weighted by molar-refractivity contribution is 5.13. The van der Waals surface area contributed by atoms with Gasteiger partial charge in [0.05, 0.1) is 25.1 Å². The Morgan fingerprint density at radius 2 is 2.47 bits per heavy atom. The number of imidazole rings is 1. The van der Waals surface area contributed by atoms with Crippen LogP contribution in [0, 0.1) is 6.92 Å². The molecule has 0 amide bonds. The molecule has 17 heavy (non-hydrogen) atoms. The standard InChI is InChI=1S/C12H21N3O2/c1-9-14-7-11(15(9)3)12(2,16)6-10-8-17-5-4-13-10/h7,10,13,16H,4-6,8H2,1-3H3. The van der Waals surface area contributed by atoms with Crippen LogP contribution in [0.1, 0.15) is 24.9 Å². The summed E-state index contributed by atoms with van der Waals surface area (Å²) in [7, 11) is 1.93. The number of rotatable bonds is 3. The van der Waals surface area contributed by atoms with Crippen molar-refractivity contribution in [3.05, 3.63) is 17.7 Å². The Morgan fingerprint density at radius 3 is 3.00 bits per heavy atom. The van der Waals surface area contributed by atoms with Gasteiger partial charge in [0.15, 0.2) is 0 Å². The summed E-state index contributed by atoms with van der Waals surface area (Å²) >= 11 is 0. The predicted molar refractivity (Wildman–Crippen MR) is 64.7 cm³/mol. The van der Waals surface area contributed by atoms with Gasteiger partial charge in [-0.15, -0.1) is 0 Å². The number of aromatic nitrogens is 2. The lowest BCUT2D eigenvalue weighted by Crippen LogP contribution is -2.45. The number of hydrogen-bond acceptors (Lipinski definition) is 4. The monoisotopic (exact) mass is 239 g/mol. The Kier molecular flexibility index (Phi) is 3.51. The summed E-state index contributed by atoms with van der Waals surface area (Å²) in [5, 5.41) is 13.9. The maximum atomic E-state index is 10.6. The van der Waals surface area contributed by atoms with E-state index in [4.69, 9.17) is 4.74 Å². The Bertz CT molecular complexity index is 381. The first-order chi connectivity index (χ1) is 8.00. The smallest absolute Gasteiger partial charge is 0.105 e. The minimum absolute atomic E-state index is 0.203. The number of nitrogens with zero attached hydrogens (tertiary/aromatic N) is 2. The molecular formula is C12H21N3O2. The Hall–Kier alpha value is -0.910. The third kappa shape index (κ3) is 2.68. The van der Waals surface area contributed by atoms with Gasteiger partial charge in [0.2, 0.25) is 0 Å². The minimum atomic E-state index is -0.881. The van der Waals surface area contributed by atoms with Gasteiger partial charge in [-0.2, -0.15) is 0 Å². The highest BCUT2D eigenvalue weighted by atomic mass is 16.5. The van der Waals surface area contributed by atoms with Crippen LogP contribution in [-0.2, 0) is 17.4 Å². The summed E-state index contributed by atoms with van der Waals surface area (Å²) in [6.45, 7) is 6.03. The predicted octanol–water partition coefficient (Wildman–Crippen LogP) is 0.315. The van der Waals surface area contributed by atoms with E-state index in [0.717, 1.165) is 24.7 Å². The van der Waals surface area contributed by atoms with Crippen LogP contribution in [0.2, 0.25) is 0 Å². The normalized spacial score (nSPS) is 24.6. The zero-order valence-electron chi connectivity index (χ0n) is 10.7. The van der Waals surface area contributed by atoms with E-state index >= 15 is 0 Å². The van der Waals surface area contributed by atoms with Crippen molar-refractivity contribution < 1.29 is 9.84 Å². The second-order valence-corrected chi connectivity index (χ2v) is 4.95. The van der Waals surface area contributed by atoms with Gasteiger partial charge in [0, 0.05) is 19.6 Å². The lowest BCUT2D eigenvalue weighted by atomic mass is 9.93. The fraction of sp³-hybridized carbons (Fsp3) is 0.750. The highest BCUT2D eigenvalue weighted by Gasteiger charge is 2.31. The first kappa shape index (κ1) is 12.5. The molecule has 1 saturated heterocycles. The van der Waals surface area contributed by atoms with Crippen LogP contribution in [0.15, 0.2) is 6.20 Å². The van der Waals surface area contributed by atoms with E-state index in [1.54, 1.807) is 6.20 Å². The average Bonchev–Trinajstić information content (AvgIpc) is 2.61. The van der Waals surface area contributed by atoms with Crippen molar-refractivity contribution >= 4 is 0 Å². The number of ether oxygens (including phenoxy) is 1. The number of aryl methyl sites for hydroxylation is 1. The molecular weight excluding hydrogens is 218 g/mol. The summed E-state index contributed by atoms with van der Waals surface area (Å²) in [5.41, 5.74) is -0.0312. The summed E-state index contributed by atoms with van der Waals surface area (Å²) in [5.74, 6) is 0.910. The van der Waals surface area contributed by atoms with Crippen molar-refractivity contribution in [2.75, 3.05) is 19.8 Å². The second kappa shape index (κ2) is 4.76. The van der Waals surface area contributed by atoms with E-state index in [2.05, 4.69) is 10.3 Å². The SMILES string of the molecule is Cc1ncc(C(C)(O)CC2COCCN2)n1C. The molecule has 0 aromatic carbocycles. The zero-order chi connectivity index (χ0) is 12.5. The molecule has 0 radical (unpaired) electrons. The van der Waals surface area contributed by atoms with E-state index in [1.807, 2.05) is 25.5 Å². The molecule has 0 spiro atoms. The van der Waals surface area contributed by atoms with Crippen LogP contribution in [-0.4, -0.2) is 40.5 Å². The molecule has 2 atom stereocenters. The van der Waals surface area contributed by atoms with Crippen LogP contribution in [0.25, 0.3) is 0 Å². The molecule has 5 nitrogen and oxygen atoms in total. The molecule has 5 heteroatoms. The highest BCUT2D eigenvalue weighted by Crippen LogP contribution is 2.26. The van der Waals surface area contributed by atoms with E-state index in [0.29, 0.717) is 13.0 Å². The summed E-state index contributed by atoms with van der Waals surface area (Å²) in [6.07, 6.45) is 2.38. The van der Waals surface area contributed by atoms with Gasteiger partial charge in [-0.05, 0) is 20.3 Å². The third-order valence-electron chi connectivity index (χ3n) is 3.41. The van der Waals surface area contributed by atoms with Crippen LogP contribution >= 0.6 is 0 Å². The van der Waals surface area contributed by atoms with Crippen molar-refractivity contribution in [1.82, 2.24) is 14.9 Å². The van der Waals surface area contributed by atoms with Crippen LogP contribution < -0.4 is 5.32 Å². The molecule has 1 aliphatic rings. The van der Waals surface area contributed by atoms with Crippen molar-refractivity contribution in [3.63, 3.8) is 0 Å². The fourth-order valence-corrected chi connectivity index (χ4v) is 2.34. The number of morpholine rings is 1. The largest absolute Gasteiger partial charge is 0.384 e. The Morgan fingerprint density at radius 1 is 1.71 bits per heavy atom. The lowest BCUT2D eigenvalue weighted by Gasteiger charge is -2.31. The quantitative estimate of drug-likeness (QED) is 0.797. The van der Waals surface area contributed by atoms with Gasteiger partial charge in [-0.25, -0.2) is 4.98 Å². The molecule has 0 saturated carbocycles. The van der Waals surface area contributed by atoms with E-state index in [1.165, 1.54) is 0 Å². The van der Waals surface area contributed by atoms with E-state index in [9.17, 15) is 5.11 Å². The molecule has 2 heterocycles. The van der Waals surface area contributed by atoms with Crippen LogP contribution in [0.5, 0.6) is 0 Å². The van der Waals surface area contributed by atoms with Gasteiger partial charge in [0.1, 0.15) is 11.4 Å². The maximum absolute atomic E-state index is 10.6. The molecule has 2 unspecified atom stereocenters. The molecule has 0 bridgehead atoms. The summed E-state index contributed by atoms with van der Waals surface area (Å²) in [6, 6.07) is 0.203. The summed E-state index contributed by atoms with van der Waals surface area (Å²) < 4.78 is 7.34. The van der Waals surface area contributed by atoms with Gasteiger partial charge in [-0.3, -0.25) is 0 Å². The third-order valence-corrected chi connectivity index (χ3v) is 3.41. The lowest BCUT2D eigenvalue weighted by molar-refractivity contribution is -0.00128. The molecule has 1 aliphatic heterocycles. The van der Waals surface area contributed by atoms with Crippen molar-refractivity contribution in [2.24, 2.45) is 7.05 Å². The second-order valence-electron chi connectivity index (χ2n) is 4.95. The Labute approximate surface area is 102 Å². The molecule has 1 aromatic heterocycles. The fourth-order valence-electron chi connectivity index (χ4n) is 2.34. The number of nitrogens with one attached hydrogen (secondary N) is 1. The van der Waals surface area contributed by atoms with Crippen LogP contribution in [0.4, 0.5) is 0 Å². The molecule has 0 aliphatic carbocycles. The topological polar surface area (TPSA) is 59.3 Å². The number of hydrogen-bond donors (Lipinski definition) is 2. The summed E-state index contributed by atoms with van der Waals surface area (Å²) in [4.78, 5) is 4.23. The zero-order valence-corrected chi connectivity index (χ0v) is 10.7. The molecule has 96 valence electrons. The van der Waals surface area contributed by atoms with Crippen molar-refractivity contribution in [3.8, 4) is 0 Å². The molecule has 1 aromatic rings. The molecule has 2 rings (SSSR count). The van der Waals surface area contributed by atoms with E-state index < -0.39 is 5.60 Å². The van der Waals surface area contributed by atoms with Gasteiger partial charge < -0.3 is 19.7 Å². The van der Waals surface area contributed by atoms with Gasteiger partial charge in [0.25, 0.3) is 0 Å². The van der Waals surface area contributed by atoms with Gasteiger partial charge >= 0.3 is 0 Å². The average molecular weight is 239 g/mol. The first-order valence-corrected chi connectivity index (χ1v) is 6.03. The maximum Gasteiger partial charge on any atom is 0.105 e. The van der Waals surface area contributed by atoms with Crippen molar-refractivity contribution in [1.29, 1.82) is 0 Å². The number of aliphatic hydroxyl groups is 1. The van der Waals surface area contributed by atoms with E-state index in [-0.39, 0.29) is 6.04 Å². The first-order valence-electron chi connectivity index (χ1n) is 6.03. The molecule has 2 N–H and O–H groups in total. The molecule has 1 fully saturated rings. The minimum Gasteiger partial charge on any atom is -0.384 e. The van der Waals surface area contributed by atoms with Crippen LogP contribution in [0.3, 0.4) is 0 Å². The Balaban J connectivity index is 2.09. The van der Waals surface area contributed by atoms with Crippen molar-refractivity contribution in [2.45, 2.75) is 31.9 Å².